The summed E-state index contributed by atoms with van der Waals surface area (Å²) in [4.78, 5) is 15.4. The predicted molar refractivity (Wildman–Crippen MR) is 106 cm³/mol. The van der Waals surface area contributed by atoms with E-state index < -0.39 is 6.10 Å². The van der Waals surface area contributed by atoms with E-state index in [1.54, 1.807) is 6.07 Å². The summed E-state index contributed by atoms with van der Waals surface area (Å²) in [6, 6.07) is 7.29. The van der Waals surface area contributed by atoms with Crippen LogP contribution in [0.2, 0.25) is 0 Å². The number of aliphatic hydroxyl groups excluding tert-OH is 1. The van der Waals surface area contributed by atoms with Gasteiger partial charge in [0.2, 0.25) is 11.5 Å². The Kier molecular flexibility index (Phi) is 6.97. The van der Waals surface area contributed by atoms with E-state index in [9.17, 15) is 9.90 Å². The molecule has 6 nitrogen and oxygen atoms in total. The normalized spacial score (nSPS) is 27.0. The van der Waals surface area contributed by atoms with Crippen LogP contribution in [-0.2, 0) is 9.53 Å². The highest BCUT2D eigenvalue weighted by molar-refractivity contribution is 5.96. The van der Waals surface area contributed by atoms with Crippen molar-refractivity contribution < 1.29 is 24.1 Å². The Balaban J connectivity index is 1.77. The first-order valence-corrected chi connectivity index (χ1v) is 10.3. The SMILES string of the molecule is CCOc1ccccc1OC1=COC2C(CCC(O)C2CN(CC)CC)C1=O. The molecule has 0 saturated heterocycles. The highest BCUT2D eigenvalue weighted by Gasteiger charge is 2.47. The summed E-state index contributed by atoms with van der Waals surface area (Å²) in [7, 11) is 0. The van der Waals surface area contributed by atoms with E-state index in [1.807, 2.05) is 25.1 Å². The molecule has 0 amide bonds. The molecule has 2 aliphatic rings. The van der Waals surface area contributed by atoms with Gasteiger partial charge in [0.1, 0.15) is 12.4 Å². The standard InChI is InChI=1S/C22H31NO5/c1-4-23(5-2)13-16-17(24)12-11-15-21(25)20(14-27-22(15)16)28-19-10-8-7-9-18(19)26-6-3/h7-10,14-17,22,24H,4-6,11-13H2,1-3H3. The van der Waals surface area contributed by atoms with Crippen molar-refractivity contribution in [3.8, 4) is 11.5 Å². The van der Waals surface area contributed by atoms with Crippen LogP contribution in [-0.4, -0.2) is 54.2 Å². The lowest BCUT2D eigenvalue weighted by molar-refractivity contribution is -0.139. The lowest BCUT2D eigenvalue weighted by atomic mass is 9.73. The number of aliphatic hydroxyl groups is 1. The zero-order chi connectivity index (χ0) is 20.1. The van der Waals surface area contributed by atoms with Gasteiger partial charge in [0.15, 0.2) is 11.5 Å². The Bertz CT molecular complexity index is 700. The zero-order valence-electron chi connectivity index (χ0n) is 17.0. The summed E-state index contributed by atoms with van der Waals surface area (Å²) >= 11 is 0. The summed E-state index contributed by atoms with van der Waals surface area (Å²) in [5.41, 5.74) is 0. The van der Waals surface area contributed by atoms with Crippen molar-refractivity contribution in [1.29, 1.82) is 0 Å². The van der Waals surface area contributed by atoms with Crippen molar-refractivity contribution in [3.05, 3.63) is 36.3 Å². The number of ketones is 1. The maximum Gasteiger partial charge on any atom is 0.208 e. The second-order valence-electron chi connectivity index (χ2n) is 7.33. The second kappa shape index (κ2) is 9.43. The number of carbonyl (C=O) groups excluding carboxylic acids is 1. The monoisotopic (exact) mass is 389 g/mol. The molecule has 154 valence electrons. The first-order valence-electron chi connectivity index (χ1n) is 10.3. The van der Waals surface area contributed by atoms with Gasteiger partial charge in [-0.3, -0.25) is 4.79 Å². The van der Waals surface area contributed by atoms with Crippen molar-refractivity contribution in [2.24, 2.45) is 11.8 Å². The number of rotatable bonds is 8. The van der Waals surface area contributed by atoms with Gasteiger partial charge in [-0.25, -0.2) is 0 Å². The van der Waals surface area contributed by atoms with Crippen LogP contribution >= 0.6 is 0 Å². The van der Waals surface area contributed by atoms with E-state index in [2.05, 4.69) is 18.7 Å². The molecular formula is C22H31NO5. The largest absolute Gasteiger partial charge is 0.493 e. The first-order chi connectivity index (χ1) is 13.6. The molecule has 1 fully saturated rings. The van der Waals surface area contributed by atoms with Crippen LogP contribution in [0.4, 0.5) is 0 Å². The van der Waals surface area contributed by atoms with Crippen LogP contribution < -0.4 is 9.47 Å². The summed E-state index contributed by atoms with van der Waals surface area (Å²) < 4.78 is 17.4. The molecule has 0 bridgehead atoms. The molecule has 0 spiro atoms. The molecule has 3 rings (SSSR count). The van der Waals surface area contributed by atoms with E-state index in [4.69, 9.17) is 14.2 Å². The minimum Gasteiger partial charge on any atom is -0.493 e. The van der Waals surface area contributed by atoms with Gasteiger partial charge in [-0.2, -0.15) is 0 Å². The first kappa shape index (κ1) is 20.7. The van der Waals surface area contributed by atoms with Gasteiger partial charge in [0, 0.05) is 12.5 Å². The fraction of sp³-hybridized carbons (Fsp3) is 0.591. The molecule has 1 aliphatic carbocycles. The number of para-hydroxylation sites is 2. The molecule has 4 unspecified atom stereocenters. The molecule has 0 aromatic heterocycles. The number of carbonyl (C=O) groups is 1. The summed E-state index contributed by atoms with van der Waals surface area (Å²) in [6.07, 6.45) is 1.85. The maximum atomic E-state index is 13.1. The molecule has 1 aromatic rings. The van der Waals surface area contributed by atoms with Gasteiger partial charge in [-0.15, -0.1) is 0 Å². The molecule has 6 heteroatoms. The van der Waals surface area contributed by atoms with Crippen LogP contribution in [0.1, 0.15) is 33.6 Å². The number of hydrogen-bond acceptors (Lipinski definition) is 6. The number of allylic oxidation sites excluding steroid dienone is 1. The van der Waals surface area contributed by atoms with Crippen LogP contribution in [0.3, 0.4) is 0 Å². The Morgan fingerprint density at radius 1 is 1.14 bits per heavy atom. The summed E-state index contributed by atoms with van der Waals surface area (Å²) in [5.74, 6) is 0.866. The average molecular weight is 389 g/mol. The minimum atomic E-state index is -0.454. The third-order valence-electron chi connectivity index (χ3n) is 5.73. The third-order valence-corrected chi connectivity index (χ3v) is 5.73. The summed E-state index contributed by atoms with van der Waals surface area (Å²) in [5, 5.41) is 10.5. The number of hydrogen-bond donors (Lipinski definition) is 1. The molecule has 0 radical (unpaired) electrons. The van der Waals surface area contributed by atoms with Crippen molar-refractivity contribution in [1.82, 2.24) is 4.90 Å². The fourth-order valence-corrected chi connectivity index (χ4v) is 4.11. The number of benzene rings is 1. The number of ether oxygens (including phenoxy) is 3. The lowest BCUT2D eigenvalue weighted by Crippen LogP contribution is -2.52. The fourth-order valence-electron chi connectivity index (χ4n) is 4.11. The zero-order valence-corrected chi connectivity index (χ0v) is 17.0. The van der Waals surface area contributed by atoms with E-state index in [0.29, 0.717) is 30.9 Å². The Morgan fingerprint density at radius 3 is 2.54 bits per heavy atom. The van der Waals surface area contributed by atoms with Crippen molar-refractivity contribution in [3.63, 3.8) is 0 Å². The number of nitrogens with zero attached hydrogens (tertiary/aromatic N) is 1. The summed E-state index contributed by atoms with van der Waals surface area (Å²) in [6.45, 7) is 9.15. The van der Waals surface area contributed by atoms with E-state index in [0.717, 1.165) is 19.6 Å². The van der Waals surface area contributed by atoms with Gasteiger partial charge in [0.05, 0.1) is 18.6 Å². The number of Topliss-reactive ketones (excluding diaryl/α,β-unsaturated/α-hetero) is 1. The van der Waals surface area contributed by atoms with Gasteiger partial charge in [0.25, 0.3) is 0 Å². The van der Waals surface area contributed by atoms with E-state index >= 15 is 0 Å². The van der Waals surface area contributed by atoms with Crippen LogP contribution in [0, 0.1) is 11.8 Å². The molecule has 28 heavy (non-hydrogen) atoms. The minimum absolute atomic E-state index is 0.0565. The molecule has 1 saturated carbocycles. The van der Waals surface area contributed by atoms with Crippen LogP contribution in [0.5, 0.6) is 11.5 Å². The van der Waals surface area contributed by atoms with Crippen molar-refractivity contribution in [2.45, 2.75) is 45.8 Å². The quantitative estimate of drug-likeness (QED) is 0.737. The smallest absolute Gasteiger partial charge is 0.208 e. The Hall–Kier alpha value is -2.05. The van der Waals surface area contributed by atoms with E-state index in [1.165, 1.54) is 6.26 Å². The molecule has 4 atom stereocenters. The van der Waals surface area contributed by atoms with Gasteiger partial charge >= 0.3 is 0 Å². The predicted octanol–water partition coefficient (Wildman–Crippen LogP) is 3.00. The Labute approximate surface area is 167 Å². The topological polar surface area (TPSA) is 68.2 Å². The highest BCUT2D eigenvalue weighted by Crippen LogP contribution is 2.39. The van der Waals surface area contributed by atoms with Crippen LogP contribution in [0.25, 0.3) is 0 Å². The van der Waals surface area contributed by atoms with Crippen molar-refractivity contribution >= 4 is 5.78 Å². The molecule has 1 heterocycles. The van der Waals surface area contributed by atoms with Gasteiger partial charge in [-0.1, -0.05) is 26.0 Å². The van der Waals surface area contributed by atoms with Crippen LogP contribution in [0.15, 0.2) is 36.3 Å². The number of fused-ring (bicyclic) bond motifs is 1. The second-order valence-corrected chi connectivity index (χ2v) is 7.33. The molecule has 1 aromatic carbocycles. The molecule has 1 N–H and O–H groups in total. The third kappa shape index (κ3) is 4.33. The Morgan fingerprint density at radius 2 is 1.86 bits per heavy atom. The van der Waals surface area contributed by atoms with E-state index in [-0.39, 0.29) is 29.5 Å². The molecule has 1 aliphatic heterocycles. The average Bonchev–Trinajstić information content (AvgIpc) is 2.71. The lowest BCUT2D eigenvalue weighted by Gasteiger charge is -2.43. The van der Waals surface area contributed by atoms with Gasteiger partial charge in [-0.05, 0) is 45.0 Å². The van der Waals surface area contributed by atoms with Crippen molar-refractivity contribution in [2.75, 3.05) is 26.2 Å². The van der Waals surface area contributed by atoms with Gasteiger partial charge < -0.3 is 24.2 Å². The molecular weight excluding hydrogens is 358 g/mol. The maximum absolute atomic E-state index is 13.1. The highest BCUT2D eigenvalue weighted by atomic mass is 16.5.